The highest BCUT2D eigenvalue weighted by molar-refractivity contribution is 6.04. The number of fused-ring (bicyclic) bond motifs is 2. The standard InChI is InChI=1S/C47H51FN8O6/c48-39-25-31(45(58)51-34-5-8-36(9-6-34)62-42-13-4-32(26-49)44-38(42)2-1-17-50-44)3-11-40(39)55-18-15-30(16-19-55)27-53-20-22-54(23-21-53)35-7-10-37-33(24-35)28-61-29-56(47(37)60)41-12-14-43(57)52-46(41)59/h1-4,7,10-11,13,17,24-25,30,34,36,41H,5-6,8-9,12,14-16,18-23,27-29H2,(H,51,58)(H,52,57,59). The van der Waals surface area contributed by atoms with Crippen molar-refractivity contribution in [1.29, 1.82) is 5.26 Å². The maximum atomic E-state index is 15.6. The Kier molecular flexibility index (Phi) is 12.0. The number of piperazine rings is 1. The van der Waals surface area contributed by atoms with Crippen LogP contribution in [0.4, 0.5) is 15.8 Å². The lowest BCUT2D eigenvalue weighted by Gasteiger charge is -2.40. The number of carbonyl (C=O) groups excluding carboxylic acids is 4. The van der Waals surface area contributed by atoms with Crippen LogP contribution in [0.5, 0.6) is 5.75 Å². The summed E-state index contributed by atoms with van der Waals surface area (Å²) in [5, 5.41) is 15.7. The van der Waals surface area contributed by atoms with E-state index in [2.05, 4.69) is 36.4 Å². The second-order valence-electron chi connectivity index (χ2n) is 17.1. The van der Waals surface area contributed by atoms with Crippen molar-refractivity contribution in [3.8, 4) is 11.8 Å². The molecule has 3 saturated heterocycles. The van der Waals surface area contributed by atoms with Gasteiger partial charge >= 0.3 is 0 Å². The van der Waals surface area contributed by atoms with E-state index in [1.807, 2.05) is 36.4 Å². The minimum Gasteiger partial charge on any atom is -0.490 e. The summed E-state index contributed by atoms with van der Waals surface area (Å²) >= 11 is 0. The summed E-state index contributed by atoms with van der Waals surface area (Å²) in [6, 6.07) is 19.4. The summed E-state index contributed by atoms with van der Waals surface area (Å²) in [7, 11) is 0. The zero-order chi connectivity index (χ0) is 42.7. The number of halogens is 1. The third-order valence-electron chi connectivity index (χ3n) is 13.2. The Labute approximate surface area is 359 Å². The maximum Gasteiger partial charge on any atom is 0.256 e. The van der Waals surface area contributed by atoms with Crippen LogP contribution in [0.1, 0.15) is 83.2 Å². The van der Waals surface area contributed by atoms with Crippen molar-refractivity contribution < 1.29 is 33.0 Å². The molecule has 4 fully saturated rings. The first-order chi connectivity index (χ1) is 30.2. The van der Waals surface area contributed by atoms with Crippen LogP contribution in [0.25, 0.3) is 10.9 Å². The Hall–Kier alpha value is -6.11. The number of benzene rings is 3. The Bertz CT molecular complexity index is 2400. The summed E-state index contributed by atoms with van der Waals surface area (Å²) in [5.41, 5.74) is 4.34. The molecule has 0 spiro atoms. The van der Waals surface area contributed by atoms with Crippen LogP contribution in [0, 0.1) is 23.1 Å². The van der Waals surface area contributed by atoms with Crippen LogP contribution in [-0.4, -0.2) is 109 Å². The Morgan fingerprint density at radius 3 is 2.48 bits per heavy atom. The normalized spacial score (nSPS) is 22.7. The highest BCUT2D eigenvalue weighted by Crippen LogP contribution is 2.33. The average molecular weight is 843 g/mol. The number of nitrogens with one attached hydrogen (secondary N) is 2. The molecule has 62 heavy (non-hydrogen) atoms. The van der Waals surface area contributed by atoms with Gasteiger partial charge in [-0.2, -0.15) is 5.26 Å². The van der Waals surface area contributed by atoms with Crippen molar-refractivity contribution >= 4 is 45.9 Å². The molecular weight excluding hydrogens is 792 g/mol. The SMILES string of the molecule is N#Cc1ccc(OC2CCC(NC(=O)c3ccc(N4CCC(CN5CCN(c6ccc7c(c6)COCN(C6CCC(=O)NC6=O)C7=O)CC5)CC4)c(F)c3)CC2)c2cccnc12. The summed E-state index contributed by atoms with van der Waals surface area (Å²) < 4.78 is 27.8. The van der Waals surface area contributed by atoms with E-state index in [0.717, 1.165) is 101 Å². The van der Waals surface area contributed by atoms with Crippen molar-refractivity contribution in [2.45, 2.75) is 76.2 Å². The zero-order valence-corrected chi connectivity index (χ0v) is 34.7. The van der Waals surface area contributed by atoms with Gasteiger partial charge in [0, 0.05) is 86.7 Å². The molecule has 1 aliphatic carbocycles. The average Bonchev–Trinajstić information content (AvgIpc) is 3.45. The smallest absolute Gasteiger partial charge is 0.256 e. The van der Waals surface area contributed by atoms with Gasteiger partial charge in [0.15, 0.2) is 0 Å². The van der Waals surface area contributed by atoms with Gasteiger partial charge in [-0.25, -0.2) is 4.39 Å². The van der Waals surface area contributed by atoms with Crippen LogP contribution in [0.3, 0.4) is 0 Å². The maximum absolute atomic E-state index is 15.6. The fraction of sp³-hybridized carbons (Fsp3) is 0.447. The molecule has 5 heterocycles. The van der Waals surface area contributed by atoms with Gasteiger partial charge < -0.3 is 29.5 Å². The number of nitrogens with zero attached hydrogens (tertiary/aromatic N) is 6. The van der Waals surface area contributed by atoms with E-state index >= 15 is 4.39 Å². The van der Waals surface area contributed by atoms with Crippen molar-refractivity contribution in [1.82, 2.24) is 25.4 Å². The van der Waals surface area contributed by atoms with Crippen LogP contribution in [0.2, 0.25) is 0 Å². The van der Waals surface area contributed by atoms with Crippen molar-refractivity contribution in [2.24, 2.45) is 5.92 Å². The number of carbonyl (C=O) groups is 4. The first-order valence-corrected chi connectivity index (χ1v) is 21.8. The van der Waals surface area contributed by atoms with Gasteiger partial charge in [-0.1, -0.05) is 0 Å². The van der Waals surface area contributed by atoms with Crippen LogP contribution in [-0.2, 0) is 20.9 Å². The van der Waals surface area contributed by atoms with E-state index in [9.17, 15) is 24.4 Å². The molecule has 4 aromatic rings. The van der Waals surface area contributed by atoms with Crippen LogP contribution >= 0.6 is 0 Å². The van der Waals surface area contributed by atoms with Gasteiger partial charge in [-0.15, -0.1) is 0 Å². The van der Waals surface area contributed by atoms with Crippen LogP contribution in [0.15, 0.2) is 66.9 Å². The lowest BCUT2D eigenvalue weighted by Crippen LogP contribution is -2.54. The summed E-state index contributed by atoms with van der Waals surface area (Å²) in [4.78, 5) is 63.6. The predicted molar refractivity (Wildman–Crippen MR) is 229 cm³/mol. The quantitative estimate of drug-likeness (QED) is 0.215. The van der Waals surface area contributed by atoms with Crippen LogP contribution < -0.4 is 25.2 Å². The third-order valence-corrected chi connectivity index (χ3v) is 13.2. The van der Waals surface area contributed by atoms with Gasteiger partial charge in [0.25, 0.3) is 11.8 Å². The summed E-state index contributed by atoms with van der Waals surface area (Å²) in [5.74, 6) is -0.483. The van der Waals surface area contributed by atoms with Gasteiger partial charge in [-0.3, -0.25) is 34.4 Å². The highest BCUT2D eigenvalue weighted by Gasteiger charge is 2.37. The van der Waals surface area contributed by atoms with Crippen molar-refractivity contribution in [3.05, 3.63) is 94.9 Å². The molecule has 2 N–H and O–H groups in total. The topological polar surface area (TPSA) is 160 Å². The molecule has 4 amide bonds. The number of anilines is 2. The van der Waals surface area contributed by atoms with Gasteiger partial charge in [0.05, 0.1) is 29.5 Å². The van der Waals surface area contributed by atoms with Crippen molar-refractivity contribution in [3.63, 3.8) is 0 Å². The Morgan fingerprint density at radius 1 is 0.919 bits per heavy atom. The number of imide groups is 1. The molecular formula is C47H51FN8O6. The zero-order valence-electron chi connectivity index (χ0n) is 34.7. The first-order valence-electron chi connectivity index (χ1n) is 21.8. The number of ether oxygens (including phenoxy) is 2. The number of aromatic nitrogens is 1. The van der Waals surface area contributed by atoms with Gasteiger partial charge in [0.1, 0.15) is 30.4 Å². The second kappa shape index (κ2) is 18.1. The fourth-order valence-corrected chi connectivity index (χ4v) is 9.71. The van der Waals surface area contributed by atoms with Gasteiger partial charge in [0.2, 0.25) is 11.8 Å². The minimum absolute atomic E-state index is 0.00656. The molecule has 9 rings (SSSR count). The van der Waals surface area contributed by atoms with Gasteiger partial charge in [-0.05, 0) is 117 Å². The monoisotopic (exact) mass is 842 g/mol. The molecule has 1 aromatic heterocycles. The number of hydrogen-bond donors (Lipinski definition) is 2. The summed E-state index contributed by atoms with van der Waals surface area (Å²) in [6.07, 6.45) is 7.07. The second-order valence-corrected chi connectivity index (χ2v) is 17.1. The molecule has 322 valence electrons. The summed E-state index contributed by atoms with van der Waals surface area (Å²) in [6.45, 7) is 6.29. The predicted octanol–water partition coefficient (Wildman–Crippen LogP) is 5.14. The third kappa shape index (κ3) is 8.80. The molecule has 4 aliphatic heterocycles. The minimum atomic E-state index is -0.729. The lowest BCUT2D eigenvalue weighted by molar-refractivity contribution is -0.138. The van der Waals surface area contributed by atoms with Crippen molar-refractivity contribution in [2.75, 3.05) is 62.3 Å². The van der Waals surface area contributed by atoms with E-state index in [1.165, 1.54) is 11.0 Å². The molecule has 14 nitrogen and oxygen atoms in total. The number of pyridine rings is 1. The molecule has 15 heteroatoms. The number of rotatable bonds is 9. The number of nitriles is 1. The van der Waals surface area contributed by atoms with E-state index in [0.29, 0.717) is 39.6 Å². The van der Waals surface area contributed by atoms with E-state index < -0.39 is 11.9 Å². The highest BCUT2D eigenvalue weighted by atomic mass is 19.1. The molecule has 0 bridgehead atoms. The fourth-order valence-electron chi connectivity index (χ4n) is 9.71. The number of hydrogen-bond acceptors (Lipinski definition) is 11. The first kappa shape index (κ1) is 41.3. The molecule has 0 radical (unpaired) electrons. The Morgan fingerprint density at radius 2 is 1.73 bits per heavy atom. The largest absolute Gasteiger partial charge is 0.490 e. The van der Waals surface area contributed by atoms with E-state index in [-0.39, 0.29) is 61.9 Å². The molecule has 1 unspecified atom stereocenters. The van der Waals surface area contributed by atoms with E-state index in [4.69, 9.17) is 9.47 Å². The molecule has 1 atom stereocenters. The molecule has 1 saturated carbocycles. The lowest BCUT2D eigenvalue weighted by atomic mass is 9.92. The number of piperidine rings is 2. The molecule has 3 aromatic carbocycles. The number of amides is 4. The Balaban J connectivity index is 0.710. The van der Waals surface area contributed by atoms with E-state index in [1.54, 1.807) is 24.4 Å². The molecule has 5 aliphatic rings.